The molecule has 0 saturated carbocycles. The lowest BCUT2D eigenvalue weighted by Crippen LogP contribution is -2.28. The Morgan fingerprint density at radius 1 is 1.48 bits per heavy atom. The zero-order chi connectivity index (χ0) is 15.1. The van der Waals surface area contributed by atoms with Crippen molar-refractivity contribution >= 4 is 5.97 Å². The monoisotopic (exact) mass is 294 g/mol. The summed E-state index contributed by atoms with van der Waals surface area (Å²) in [4.78, 5) is 10.6. The van der Waals surface area contributed by atoms with Gasteiger partial charge in [0.2, 0.25) is 0 Å². The molecule has 1 aromatic rings. The van der Waals surface area contributed by atoms with E-state index in [1.165, 1.54) is 0 Å². The van der Waals surface area contributed by atoms with E-state index in [1.807, 2.05) is 18.2 Å². The topological polar surface area (TPSA) is 65.0 Å². The SMILES string of the molecule is COc1c(CCCC(=O)O)cccc1OC1CCCOC1. The van der Waals surface area contributed by atoms with Gasteiger partial charge in [0.25, 0.3) is 0 Å². The van der Waals surface area contributed by atoms with Crippen LogP contribution in [-0.4, -0.2) is 37.5 Å². The third-order valence-electron chi connectivity index (χ3n) is 3.51. The largest absolute Gasteiger partial charge is 0.493 e. The number of hydrogen-bond acceptors (Lipinski definition) is 4. The van der Waals surface area contributed by atoms with Gasteiger partial charge in [-0.3, -0.25) is 4.79 Å². The van der Waals surface area contributed by atoms with Crippen LogP contribution in [0.2, 0.25) is 0 Å². The number of ether oxygens (including phenoxy) is 3. The summed E-state index contributed by atoms with van der Waals surface area (Å²) in [5.41, 5.74) is 0.980. The van der Waals surface area contributed by atoms with Crippen LogP contribution in [0.15, 0.2) is 18.2 Å². The molecule has 1 atom stereocenters. The summed E-state index contributed by atoms with van der Waals surface area (Å²) in [5.74, 6) is 0.634. The summed E-state index contributed by atoms with van der Waals surface area (Å²) in [7, 11) is 1.61. The average Bonchev–Trinajstić information content (AvgIpc) is 2.48. The molecule has 1 N–H and O–H groups in total. The van der Waals surface area contributed by atoms with Crippen LogP contribution in [0, 0.1) is 0 Å². The fraction of sp³-hybridized carbons (Fsp3) is 0.562. The van der Waals surface area contributed by atoms with Gasteiger partial charge in [-0.15, -0.1) is 0 Å². The molecule has 0 aliphatic carbocycles. The molecular formula is C16H22O5. The Bertz CT molecular complexity index is 466. The molecule has 0 radical (unpaired) electrons. The molecule has 5 nitrogen and oxygen atoms in total. The van der Waals surface area contributed by atoms with Crippen molar-refractivity contribution in [3.05, 3.63) is 23.8 Å². The predicted octanol–water partition coefficient (Wildman–Crippen LogP) is 2.66. The van der Waals surface area contributed by atoms with Crippen molar-refractivity contribution in [3.63, 3.8) is 0 Å². The lowest BCUT2D eigenvalue weighted by atomic mass is 10.1. The molecule has 1 unspecified atom stereocenters. The third-order valence-corrected chi connectivity index (χ3v) is 3.51. The summed E-state index contributed by atoms with van der Waals surface area (Å²) >= 11 is 0. The van der Waals surface area contributed by atoms with E-state index in [1.54, 1.807) is 7.11 Å². The fourth-order valence-corrected chi connectivity index (χ4v) is 2.50. The number of benzene rings is 1. The van der Waals surface area contributed by atoms with Crippen LogP contribution in [0.3, 0.4) is 0 Å². The molecule has 0 bridgehead atoms. The van der Waals surface area contributed by atoms with Gasteiger partial charge in [-0.2, -0.15) is 0 Å². The normalized spacial score (nSPS) is 18.2. The van der Waals surface area contributed by atoms with Gasteiger partial charge in [0.05, 0.1) is 13.7 Å². The number of rotatable bonds is 7. The molecule has 21 heavy (non-hydrogen) atoms. The van der Waals surface area contributed by atoms with Crippen molar-refractivity contribution in [2.45, 2.75) is 38.2 Å². The lowest BCUT2D eigenvalue weighted by Gasteiger charge is -2.24. The first-order valence-corrected chi connectivity index (χ1v) is 7.32. The quantitative estimate of drug-likeness (QED) is 0.837. The zero-order valence-electron chi connectivity index (χ0n) is 12.3. The second-order valence-corrected chi connectivity index (χ2v) is 5.15. The predicted molar refractivity (Wildman–Crippen MR) is 78.0 cm³/mol. The van der Waals surface area contributed by atoms with Gasteiger partial charge in [0.15, 0.2) is 11.5 Å². The highest BCUT2D eigenvalue weighted by atomic mass is 16.5. The van der Waals surface area contributed by atoms with E-state index in [0.717, 1.165) is 25.0 Å². The summed E-state index contributed by atoms with van der Waals surface area (Å²) in [6.45, 7) is 1.40. The second-order valence-electron chi connectivity index (χ2n) is 5.15. The van der Waals surface area contributed by atoms with Crippen LogP contribution >= 0.6 is 0 Å². The zero-order valence-corrected chi connectivity index (χ0v) is 12.3. The van der Waals surface area contributed by atoms with E-state index in [9.17, 15) is 4.79 Å². The lowest BCUT2D eigenvalue weighted by molar-refractivity contribution is -0.137. The van der Waals surface area contributed by atoms with E-state index in [0.29, 0.717) is 30.9 Å². The van der Waals surface area contributed by atoms with Gasteiger partial charge >= 0.3 is 5.97 Å². The van der Waals surface area contributed by atoms with Gasteiger partial charge in [0, 0.05) is 13.0 Å². The van der Waals surface area contributed by atoms with Crippen LogP contribution in [0.1, 0.15) is 31.2 Å². The minimum Gasteiger partial charge on any atom is -0.493 e. The Balaban J connectivity index is 2.04. The fourth-order valence-electron chi connectivity index (χ4n) is 2.50. The van der Waals surface area contributed by atoms with Crippen molar-refractivity contribution < 1.29 is 24.1 Å². The van der Waals surface area contributed by atoms with Crippen molar-refractivity contribution in [3.8, 4) is 11.5 Å². The minimum atomic E-state index is -0.777. The number of aryl methyl sites for hydroxylation is 1. The summed E-state index contributed by atoms with van der Waals surface area (Å²) in [6, 6.07) is 5.75. The Labute approximate surface area is 124 Å². The Morgan fingerprint density at radius 2 is 2.33 bits per heavy atom. The number of carbonyl (C=O) groups is 1. The molecule has 1 heterocycles. The highest BCUT2D eigenvalue weighted by Crippen LogP contribution is 2.33. The van der Waals surface area contributed by atoms with E-state index in [4.69, 9.17) is 19.3 Å². The molecule has 0 amide bonds. The van der Waals surface area contributed by atoms with Gasteiger partial charge in [-0.1, -0.05) is 12.1 Å². The number of methoxy groups -OCH3 is 1. The number of carboxylic acids is 1. The van der Waals surface area contributed by atoms with Crippen LogP contribution in [0.5, 0.6) is 11.5 Å². The molecule has 1 aliphatic heterocycles. The highest BCUT2D eigenvalue weighted by molar-refractivity contribution is 5.66. The molecule has 1 aromatic carbocycles. The smallest absolute Gasteiger partial charge is 0.303 e. The molecule has 2 rings (SSSR count). The first kappa shape index (κ1) is 15.6. The Hall–Kier alpha value is -1.75. The van der Waals surface area contributed by atoms with Crippen LogP contribution < -0.4 is 9.47 Å². The standard InChI is InChI=1S/C16H22O5/c1-19-16-12(6-3-9-15(17)18)5-2-8-14(16)21-13-7-4-10-20-11-13/h2,5,8,13H,3-4,6-7,9-11H2,1H3,(H,17,18). The van der Waals surface area contributed by atoms with Crippen molar-refractivity contribution in [2.24, 2.45) is 0 Å². The number of hydrogen-bond donors (Lipinski definition) is 1. The van der Waals surface area contributed by atoms with Crippen molar-refractivity contribution in [1.82, 2.24) is 0 Å². The molecule has 5 heteroatoms. The van der Waals surface area contributed by atoms with Crippen LogP contribution in [0.25, 0.3) is 0 Å². The minimum absolute atomic E-state index is 0.0573. The summed E-state index contributed by atoms with van der Waals surface area (Å²) in [5, 5.41) is 8.72. The highest BCUT2D eigenvalue weighted by Gasteiger charge is 2.18. The van der Waals surface area contributed by atoms with E-state index in [2.05, 4.69) is 0 Å². The molecule has 1 fully saturated rings. The van der Waals surface area contributed by atoms with Gasteiger partial charge in [-0.25, -0.2) is 0 Å². The van der Waals surface area contributed by atoms with Gasteiger partial charge < -0.3 is 19.3 Å². The van der Waals surface area contributed by atoms with E-state index < -0.39 is 5.97 Å². The summed E-state index contributed by atoms with van der Waals surface area (Å²) in [6.07, 6.45) is 3.44. The first-order chi connectivity index (χ1) is 10.2. The average molecular weight is 294 g/mol. The molecule has 0 spiro atoms. The third kappa shape index (κ3) is 4.63. The molecule has 1 saturated heterocycles. The number of carboxylic acid groups (broad SMARTS) is 1. The number of aliphatic carboxylic acids is 1. The van der Waals surface area contributed by atoms with Crippen molar-refractivity contribution in [1.29, 1.82) is 0 Å². The maximum Gasteiger partial charge on any atom is 0.303 e. The van der Waals surface area contributed by atoms with Crippen LogP contribution in [0.4, 0.5) is 0 Å². The second kappa shape index (κ2) is 7.88. The summed E-state index contributed by atoms with van der Waals surface area (Å²) < 4.78 is 16.9. The molecule has 116 valence electrons. The maximum atomic E-state index is 10.6. The Morgan fingerprint density at radius 3 is 3.00 bits per heavy atom. The maximum absolute atomic E-state index is 10.6. The number of para-hydroxylation sites is 1. The first-order valence-electron chi connectivity index (χ1n) is 7.32. The van der Waals surface area contributed by atoms with E-state index >= 15 is 0 Å². The van der Waals surface area contributed by atoms with Gasteiger partial charge in [-0.05, 0) is 37.3 Å². The van der Waals surface area contributed by atoms with Gasteiger partial charge in [0.1, 0.15) is 6.10 Å². The molecule has 0 aromatic heterocycles. The Kier molecular flexibility index (Phi) is 5.87. The van der Waals surface area contributed by atoms with Crippen molar-refractivity contribution in [2.75, 3.05) is 20.3 Å². The molecular weight excluding hydrogens is 272 g/mol. The molecule has 1 aliphatic rings. The van der Waals surface area contributed by atoms with Crippen LogP contribution in [-0.2, 0) is 16.0 Å². The van der Waals surface area contributed by atoms with E-state index in [-0.39, 0.29) is 12.5 Å².